The molecule has 562 valence electrons. The van der Waals surface area contributed by atoms with Gasteiger partial charge in [0, 0.05) is 156 Å². The molecule has 0 radical (unpaired) electrons. The number of methoxy groups -OCH3 is 1. The van der Waals surface area contributed by atoms with E-state index in [9.17, 15) is 22.0 Å². The Bertz CT molecular complexity index is 5540. The standard InChI is InChI=1S/C32H31N5O.C30H27F3N4.C27H27F2N7/c1-5-22-7-10-23(11-8-22)26-16-27-28(17-26)33-19-34-32(27)37-14-12-24(13-15-37)31-35-21(3)30(36-31)25-9-6-20(2)29(18-25)38-4;1-19-28(20-6-3-2-4-7-20)36-29(35-19)21-11-14-37(15-12-21)27-10-13-34-26-18-23(17-25(26)27)22-8-5-9-24(16-22)30(31,32)33;1-16-25(18-3-5-22(29)6-4-18)34-26(33-16)19-7-9-35(10-8-19)27-23-11-20(12-24(23)30-15-31-27)21-13-32-36(14-21)17(2)28/h1,6-11,16,18-19,24H,12-15,17H2,2-4H3,(H,35,36);2-10,13,16-17,21H,11-12,14-15,18H2,1H3,(H,35,36);3-6,11,13-15,17,19H,7-10,12H2,1-2H3,(H,33,34). The number of allylic oxidation sites excluding steroid dienone is 3. The number of benzene rings is 5. The highest BCUT2D eigenvalue weighted by molar-refractivity contribution is 5.94. The van der Waals surface area contributed by atoms with Gasteiger partial charge in [-0.25, -0.2) is 48.4 Å². The van der Waals surface area contributed by atoms with Crippen molar-refractivity contribution in [3.05, 3.63) is 266 Å². The van der Waals surface area contributed by atoms with E-state index in [0.29, 0.717) is 36.2 Å². The van der Waals surface area contributed by atoms with Crippen LogP contribution in [-0.2, 0) is 25.4 Å². The van der Waals surface area contributed by atoms with Crippen molar-refractivity contribution in [2.24, 2.45) is 0 Å². The van der Waals surface area contributed by atoms with Crippen molar-refractivity contribution in [2.45, 2.75) is 123 Å². The first kappa shape index (κ1) is 73.0. The number of anilines is 3. The Kier molecular flexibility index (Phi) is 20.5. The van der Waals surface area contributed by atoms with Crippen molar-refractivity contribution in [3.8, 4) is 51.9 Å². The van der Waals surface area contributed by atoms with Crippen LogP contribution < -0.4 is 19.4 Å². The third-order valence-electron chi connectivity index (χ3n) is 22.4. The summed E-state index contributed by atoms with van der Waals surface area (Å²) in [7, 11) is 1.71. The van der Waals surface area contributed by atoms with Crippen molar-refractivity contribution < 1.29 is 26.7 Å². The largest absolute Gasteiger partial charge is 0.496 e. The zero-order chi connectivity index (χ0) is 76.6. The zero-order valence-electron chi connectivity index (χ0n) is 62.8. The molecule has 1 atom stereocenters. The van der Waals surface area contributed by atoms with Crippen molar-refractivity contribution in [2.75, 3.05) is 61.1 Å². The van der Waals surface area contributed by atoms with Gasteiger partial charge in [0.25, 0.3) is 0 Å². The molecule has 3 aliphatic heterocycles. The molecule has 6 aliphatic rings. The van der Waals surface area contributed by atoms with Gasteiger partial charge in [0.2, 0.25) is 0 Å². The molecule has 18 rings (SSSR count). The van der Waals surface area contributed by atoms with Crippen LogP contribution in [0.15, 0.2) is 159 Å². The van der Waals surface area contributed by atoms with Gasteiger partial charge in [-0.15, -0.1) is 6.42 Å². The number of imidazole rings is 3. The number of piperidine rings is 3. The van der Waals surface area contributed by atoms with E-state index in [-0.39, 0.29) is 5.82 Å². The highest BCUT2D eigenvalue weighted by Gasteiger charge is 2.35. The molecule has 1 unspecified atom stereocenters. The maximum absolute atomic E-state index is 13.6. The minimum Gasteiger partial charge on any atom is -0.496 e. The van der Waals surface area contributed by atoms with E-state index >= 15 is 0 Å². The molecule has 0 amide bonds. The SMILES string of the molecule is C#Cc1ccc(C2=Cc3c(ncnc3N3CCC(c4nc(-c5ccc(C)c(OC)c5)c(C)[nH]4)CC3)C2)cc1.Cc1[nH]c(C2CCN(c3ccnc4c3C=C(c3cccc(C(F)(F)F)c3)C4)CC2)nc1-c1ccccc1.Cc1[nH]c(C2CCN(c3ncnc4c3C=C(c3cnn(C(C)F)c3)C4)CC2)nc1-c1ccc(F)cc1. The van der Waals surface area contributed by atoms with Crippen LogP contribution in [0.5, 0.6) is 5.75 Å². The van der Waals surface area contributed by atoms with Crippen molar-refractivity contribution in [1.82, 2.24) is 64.6 Å². The number of aryl methyl sites for hydroxylation is 4. The van der Waals surface area contributed by atoms with E-state index in [1.807, 2.05) is 55.6 Å². The number of ether oxygens (including phenoxy) is 1. The van der Waals surface area contributed by atoms with Crippen LogP contribution >= 0.6 is 0 Å². The molecule has 3 saturated heterocycles. The molecule has 7 aromatic heterocycles. The summed E-state index contributed by atoms with van der Waals surface area (Å²) in [6.07, 6.45) is 22.9. The van der Waals surface area contributed by atoms with Crippen LogP contribution in [-0.4, -0.2) is 111 Å². The average Bonchev–Trinajstić information content (AvgIpc) is 1.66. The second-order valence-electron chi connectivity index (χ2n) is 29.6. The normalized spacial score (nSPS) is 16.0. The van der Waals surface area contributed by atoms with Gasteiger partial charge >= 0.3 is 6.18 Å². The number of fused-ring (bicyclic) bond motifs is 3. The van der Waals surface area contributed by atoms with Gasteiger partial charge in [0.1, 0.15) is 53.3 Å². The van der Waals surface area contributed by atoms with Crippen LogP contribution in [0.1, 0.15) is 171 Å². The fourth-order valence-electron chi connectivity index (χ4n) is 16.3. The first-order valence-electron chi connectivity index (χ1n) is 38.0. The van der Waals surface area contributed by atoms with Gasteiger partial charge in [0.15, 0.2) is 6.30 Å². The Morgan fingerprint density at radius 1 is 0.514 bits per heavy atom. The highest BCUT2D eigenvalue weighted by Crippen LogP contribution is 2.44. The van der Waals surface area contributed by atoms with Crippen LogP contribution in [0, 0.1) is 45.9 Å². The number of alkyl halides is 4. The minimum absolute atomic E-state index is 0.248. The molecule has 111 heavy (non-hydrogen) atoms. The summed E-state index contributed by atoms with van der Waals surface area (Å²) in [6, 6.07) is 38.8. The van der Waals surface area contributed by atoms with E-state index in [4.69, 9.17) is 31.1 Å². The fourth-order valence-corrected chi connectivity index (χ4v) is 16.3. The molecule has 17 nitrogen and oxygen atoms in total. The third-order valence-corrected chi connectivity index (χ3v) is 22.4. The topological polar surface area (TPSA) is 187 Å². The molecule has 3 aliphatic carbocycles. The smallest absolute Gasteiger partial charge is 0.416 e. The molecule has 0 spiro atoms. The quantitative estimate of drug-likeness (QED) is 0.0690. The molecule has 0 saturated carbocycles. The van der Waals surface area contributed by atoms with E-state index in [0.717, 1.165) is 243 Å². The second kappa shape index (κ2) is 31.1. The maximum atomic E-state index is 13.6. The summed E-state index contributed by atoms with van der Waals surface area (Å²) in [6.45, 7) is 15.1. The average molecular weight is 1490 g/mol. The lowest BCUT2D eigenvalue weighted by atomic mass is 9.95. The number of nitrogens with zero attached hydrogens (tertiary/aromatic N) is 13. The molecule has 3 N–H and O–H groups in total. The monoisotopic (exact) mass is 1490 g/mol. The molecule has 12 aromatic rings. The molecule has 3 fully saturated rings. The van der Waals surface area contributed by atoms with Gasteiger partial charge in [-0.3, -0.25) is 4.98 Å². The number of hydrogen-bond acceptors (Lipinski definition) is 13. The first-order valence-corrected chi connectivity index (χ1v) is 38.0. The number of hydrogen-bond donors (Lipinski definition) is 3. The Hall–Kier alpha value is -12.1. The zero-order valence-corrected chi connectivity index (χ0v) is 62.8. The van der Waals surface area contributed by atoms with Gasteiger partial charge in [-0.05, 0) is 185 Å². The Labute approximate surface area is 642 Å². The fraction of sp³-hybridized carbons (Fsp3) is 0.292. The van der Waals surface area contributed by atoms with E-state index in [1.165, 1.54) is 47.0 Å². The van der Waals surface area contributed by atoms with Crippen molar-refractivity contribution >= 4 is 52.3 Å². The number of terminal acetylenes is 1. The number of rotatable bonds is 14. The van der Waals surface area contributed by atoms with Gasteiger partial charge in [0.05, 0.1) is 53.0 Å². The van der Waals surface area contributed by atoms with Crippen LogP contribution in [0.2, 0.25) is 0 Å². The number of aromatic nitrogens is 13. The van der Waals surface area contributed by atoms with Crippen LogP contribution in [0.25, 0.3) is 68.7 Å². The Balaban J connectivity index is 0.000000126. The van der Waals surface area contributed by atoms with Gasteiger partial charge in [-0.1, -0.05) is 72.7 Å². The summed E-state index contributed by atoms with van der Waals surface area (Å²) < 4.78 is 73.5. The summed E-state index contributed by atoms with van der Waals surface area (Å²) >= 11 is 0. The number of nitrogens with one attached hydrogen (secondary N) is 3. The maximum Gasteiger partial charge on any atom is 0.416 e. The summed E-state index contributed by atoms with van der Waals surface area (Å²) in [5, 5.41) is 4.13. The number of pyridine rings is 1. The lowest BCUT2D eigenvalue weighted by Crippen LogP contribution is -2.34. The third kappa shape index (κ3) is 15.4. The molecule has 5 aromatic carbocycles. The number of H-pyrrole nitrogens is 3. The van der Waals surface area contributed by atoms with Crippen molar-refractivity contribution in [1.29, 1.82) is 0 Å². The van der Waals surface area contributed by atoms with Crippen LogP contribution in [0.3, 0.4) is 0 Å². The van der Waals surface area contributed by atoms with E-state index in [1.54, 1.807) is 50.4 Å². The molecule has 22 heteroatoms. The Morgan fingerprint density at radius 3 is 1.51 bits per heavy atom. The van der Waals surface area contributed by atoms with Gasteiger partial charge in [-0.2, -0.15) is 18.3 Å². The summed E-state index contributed by atoms with van der Waals surface area (Å²) in [4.78, 5) is 55.5. The Morgan fingerprint density at radius 2 is 0.991 bits per heavy atom. The highest BCUT2D eigenvalue weighted by atomic mass is 19.4. The number of halogens is 5. The molecular formula is C89H85F5N16O. The minimum atomic E-state index is -4.36. The predicted octanol–water partition coefficient (Wildman–Crippen LogP) is 18.7. The lowest BCUT2D eigenvalue weighted by molar-refractivity contribution is -0.137. The first-order chi connectivity index (χ1) is 53.9. The summed E-state index contributed by atoms with van der Waals surface area (Å²) in [5.41, 5.74) is 23.8. The predicted molar refractivity (Wildman–Crippen MR) is 427 cm³/mol. The lowest BCUT2D eigenvalue weighted by Gasteiger charge is -2.33. The van der Waals surface area contributed by atoms with Crippen LogP contribution in [0.4, 0.5) is 39.3 Å². The van der Waals surface area contributed by atoms with E-state index < -0.39 is 18.0 Å². The second-order valence-corrected chi connectivity index (χ2v) is 29.6. The van der Waals surface area contributed by atoms with Gasteiger partial charge < -0.3 is 34.4 Å². The molecule has 0 bridgehead atoms. The van der Waals surface area contributed by atoms with E-state index in [2.05, 4.69) is 136 Å². The molecule has 10 heterocycles. The summed E-state index contributed by atoms with van der Waals surface area (Å²) in [5.74, 6) is 9.48. The van der Waals surface area contributed by atoms with Crippen molar-refractivity contribution in [3.63, 3.8) is 0 Å². The number of aromatic amines is 3. The molecular weight excluding hydrogens is 1400 g/mol.